The van der Waals surface area contributed by atoms with Crippen LogP contribution in [0, 0.1) is 0 Å². The van der Waals surface area contributed by atoms with Crippen molar-refractivity contribution < 1.29 is 19.4 Å². The van der Waals surface area contributed by atoms with Gasteiger partial charge in [0.15, 0.2) is 5.17 Å². The maximum absolute atomic E-state index is 11.9. The SMILES string of the molecule is CCN(CC)C(=O)OCC1CC(O)C2N=C(N3CCC3)SC2O1. The predicted octanol–water partition coefficient (Wildman–Crippen LogP) is 1.12. The Morgan fingerprint density at radius 3 is 2.83 bits per heavy atom. The summed E-state index contributed by atoms with van der Waals surface area (Å²) in [5, 5.41) is 11.3. The second-order valence-corrected chi connectivity index (χ2v) is 7.10. The first-order chi connectivity index (χ1) is 11.1. The van der Waals surface area contributed by atoms with Gasteiger partial charge in [-0.05, 0) is 20.3 Å². The lowest BCUT2D eigenvalue weighted by molar-refractivity contribution is -0.0909. The molecule has 2 fully saturated rings. The maximum Gasteiger partial charge on any atom is 0.409 e. The van der Waals surface area contributed by atoms with Crippen LogP contribution in [0.4, 0.5) is 4.79 Å². The third kappa shape index (κ3) is 3.59. The zero-order valence-corrected chi connectivity index (χ0v) is 14.5. The van der Waals surface area contributed by atoms with Crippen molar-refractivity contribution in [2.45, 2.75) is 50.4 Å². The lowest BCUT2D eigenvalue weighted by Crippen LogP contribution is -2.46. The molecule has 0 saturated carbocycles. The summed E-state index contributed by atoms with van der Waals surface area (Å²) in [5.41, 5.74) is -0.175. The largest absolute Gasteiger partial charge is 0.447 e. The lowest BCUT2D eigenvalue weighted by atomic mass is 10.0. The number of carbonyl (C=O) groups excluding carboxylic acids is 1. The van der Waals surface area contributed by atoms with Crippen LogP contribution in [0.25, 0.3) is 0 Å². The van der Waals surface area contributed by atoms with Gasteiger partial charge in [-0.2, -0.15) is 0 Å². The molecule has 4 unspecified atom stereocenters. The fraction of sp³-hybridized carbons (Fsp3) is 0.867. The van der Waals surface area contributed by atoms with Crippen LogP contribution >= 0.6 is 11.8 Å². The number of likely N-dealkylation sites (tertiary alicyclic amines) is 1. The Kier molecular flexibility index (Phi) is 5.33. The smallest absolute Gasteiger partial charge is 0.409 e. The molecule has 0 aromatic heterocycles. The van der Waals surface area contributed by atoms with E-state index in [1.807, 2.05) is 13.8 Å². The van der Waals surface area contributed by atoms with Crippen molar-refractivity contribution in [1.29, 1.82) is 0 Å². The number of nitrogens with zero attached hydrogens (tertiary/aromatic N) is 3. The molecule has 7 nitrogen and oxygen atoms in total. The molecule has 0 aliphatic carbocycles. The summed E-state index contributed by atoms with van der Waals surface area (Å²) in [5.74, 6) is 0. The monoisotopic (exact) mass is 343 g/mol. The van der Waals surface area contributed by atoms with Gasteiger partial charge in [-0.3, -0.25) is 4.99 Å². The highest BCUT2D eigenvalue weighted by molar-refractivity contribution is 8.14. The van der Waals surface area contributed by atoms with E-state index in [9.17, 15) is 9.90 Å². The molecule has 1 N–H and O–H groups in total. The van der Waals surface area contributed by atoms with E-state index in [-0.39, 0.29) is 30.3 Å². The number of hydrogen-bond donors (Lipinski definition) is 1. The van der Waals surface area contributed by atoms with E-state index >= 15 is 0 Å². The van der Waals surface area contributed by atoms with Gasteiger partial charge >= 0.3 is 6.09 Å². The number of fused-ring (bicyclic) bond motifs is 1. The molecular weight excluding hydrogens is 318 g/mol. The van der Waals surface area contributed by atoms with Crippen molar-refractivity contribution in [3.8, 4) is 0 Å². The average Bonchev–Trinajstić information content (AvgIpc) is 2.88. The van der Waals surface area contributed by atoms with Gasteiger partial charge in [-0.15, -0.1) is 0 Å². The number of aliphatic hydroxyl groups is 1. The van der Waals surface area contributed by atoms with E-state index < -0.39 is 6.10 Å². The van der Waals surface area contributed by atoms with E-state index in [0.29, 0.717) is 19.5 Å². The molecule has 3 heterocycles. The number of amidine groups is 1. The average molecular weight is 343 g/mol. The van der Waals surface area contributed by atoms with E-state index in [1.54, 1.807) is 16.7 Å². The summed E-state index contributed by atoms with van der Waals surface area (Å²) < 4.78 is 11.3. The van der Waals surface area contributed by atoms with Gasteiger partial charge in [-0.1, -0.05) is 11.8 Å². The fourth-order valence-corrected chi connectivity index (χ4v) is 4.25. The minimum atomic E-state index is -0.544. The molecule has 0 aromatic rings. The zero-order chi connectivity index (χ0) is 16.4. The molecule has 0 spiro atoms. The number of thioether (sulfide) groups is 1. The molecule has 0 aromatic carbocycles. The summed E-state index contributed by atoms with van der Waals surface area (Å²) >= 11 is 1.58. The molecule has 23 heavy (non-hydrogen) atoms. The quantitative estimate of drug-likeness (QED) is 0.824. The van der Waals surface area contributed by atoms with Crippen molar-refractivity contribution in [2.75, 3.05) is 32.8 Å². The highest BCUT2D eigenvalue weighted by Crippen LogP contribution is 2.38. The maximum atomic E-state index is 11.9. The minimum absolute atomic E-state index is 0.175. The molecule has 8 heteroatoms. The van der Waals surface area contributed by atoms with Crippen LogP contribution in [-0.2, 0) is 9.47 Å². The molecule has 3 aliphatic heterocycles. The molecule has 130 valence electrons. The van der Waals surface area contributed by atoms with Crippen molar-refractivity contribution in [3.63, 3.8) is 0 Å². The van der Waals surface area contributed by atoms with Crippen LogP contribution in [0.5, 0.6) is 0 Å². The Morgan fingerprint density at radius 1 is 1.48 bits per heavy atom. The van der Waals surface area contributed by atoms with Crippen molar-refractivity contribution in [2.24, 2.45) is 4.99 Å². The standard InChI is InChI=1S/C15H25N3O4S/c1-3-17(4-2)15(20)21-9-10-8-11(19)12-13(22-10)23-14(16-12)18-6-5-7-18/h10-13,19H,3-9H2,1-2H3. The van der Waals surface area contributed by atoms with E-state index in [0.717, 1.165) is 18.3 Å². The van der Waals surface area contributed by atoms with Crippen LogP contribution in [0.1, 0.15) is 26.7 Å². The Labute approximate surface area is 141 Å². The first-order valence-corrected chi connectivity index (χ1v) is 9.25. The lowest BCUT2D eigenvalue weighted by Gasteiger charge is -2.34. The number of ether oxygens (including phenoxy) is 2. The number of aliphatic imine (C=N–C) groups is 1. The first kappa shape index (κ1) is 16.9. The molecule has 3 aliphatic rings. The normalized spacial score (nSPS) is 32.8. The van der Waals surface area contributed by atoms with E-state index in [1.165, 1.54) is 6.42 Å². The van der Waals surface area contributed by atoms with Gasteiger partial charge in [0.1, 0.15) is 18.1 Å². The Bertz CT molecular complexity index is 468. The molecular formula is C15H25N3O4S. The van der Waals surface area contributed by atoms with Crippen molar-refractivity contribution in [3.05, 3.63) is 0 Å². The molecule has 1 amide bonds. The Balaban J connectivity index is 1.50. The number of aliphatic hydroxyl groups excluding tert-OH is 1. The van der Waals surface area contributed by atoms with Gasteiger partial charge < -0.3 is 24.4 Å². The van der Waals surface area contributed by atoms with Crippen molar-refractivity contribution in [1.82, 2.24) is 9.80 Å². The summed E-state index contributed by atoms with van der Waals surface area (Å²) in [6, 6.07) is -0.203. The van der Waals surface area contributed by atoms with Gasteiger partial charge in [-0.25, -0.2) is 4.79 Å². The molecule has 3 rings (SSSR count). The second kappa shape index (κ2) is 7.27. The third-order valence-electron chi connectivity index (χ3n) is 4.53. The zero-order valence-electron chi connectivity index (χ0n) is 13.7. The highest BCUT2D eigenvalue weighted by atomic mass is 32.2. The number of hydrogen-bond acceptors (Lipinski definition) is 7. The number of rotatable bonds is 4. The third-order valence-corrected chi connectivity index (χ3v) is 5.72. The molecule has 4 atom stereocenters. The van der Waals surface area contributed by atoms with E-state index in [4.69, 9.17) is 9.47 Å². The number of amides is 1. The summed E-state index contributed by atoms with van der Waals surface area (Å²) in [6.45, 7) is 7.32. The van der Waals surface area contributed by atoms with Crippen LogP contribution in [-0.4, -0.2) is 82.6 Å². The summed E-state index contributed by atoms with van der Waals surface area (Å²) in [6.07, 6.45) is 0.500. The fourth-order valence-electron chi connectivity index (χ4n) is 2.93. The second-order valence-electron chi connectivity index (χ2n) is 6.04. The summed E-state index contributed by atoms with van der Waals surface area (Å²) in [4.78, 5) is 20.3. The van der Waals surface area contributed by atoms with Gasteiger partial charge in [0, 0.05) is 32.6 Å². The van der Waals surface area contributed by atoms with Crippen LogP contribution in [0.2, 0.25) is 0 Å². The highest BCUT2D eigenvalue weighted by Gasteiger charge is 2.44. The minimum Gasteiger partial charge on any atom is -0.447 e. The first-order valence-electron chi connectivity index (χ1n) is 8.37. The molecule has 0 bridgehead atoms. The number of carbonyl (C=O) groups is 1. The van der Waals surface area contributed by atoms with Crippen molar-refractivity contribution >= 4 is 23.0 Å². The summed E-state index contributed by atoms with van der Waals surface area (Å²) in [7, 11) is 0. The van der Waals surface area contributed by atoms with Gasteiger partial charge in [0.25, 0.3) is 0 Å². The Hall–Kier alpha value is -0.990. The molecule has 0 radical (unpaired) electrons. The topological polar surface area (TPSA) is 74.6 Å². The van der Waals surface area contributed by atoms with Crippen LogP contribution in [0.3, 0.4) is 0 Å². The van der Waals surface area contributed by atoms with Gasteiger partial charge in [0.05, 0.1) is 12.2 Å². The van der Waals surface area contributed by atoms with Crippen LogP contribution < -0.4 is 0 Å². The van der Waals surface area contributed by atoms with Gasteiger partial charge in [0.2, 0.25) is 0 Å². The Morgan fingerprint density at radius 2 is 2.22 bits per heavy atom. The van der Waals surface area contributed by atoms with Crippen LogP contribution in [0.15, 0.2) is 4.99 Å². The molecule has 2 saturated heterocycles. The van der Waals surface area contributed by atoms with E-state index in [2.05, 4.69) is 9.89 Å². The predicted molar refractivity (Wildman–Crippen MR) is 88.6 cm³/mol.